The number of piperazine rings is 1. The quantitative estimate of drug-likeness (QED) is 0.0861. The maximum absolute atomic E-state index is 14.4. The third-order valence-corrected chi connectivity index (χ3v) is 16.5. The van der Waals surface area contributed by atoms with Gasteiger partial charge in [-0.05, 0) is 93.5 Å². The van der Waals surface area contributed by atoms with Gasteiger partial charge in [0.1, 0.15) is 30.0 Å². The van der Waals surface area contributed by atoms with Crippen LogP contribution >= 0.6 is 22.9 Å². The summed E-state index contributed by atoms with van der Waals surface area (Å²) in [7, 11) is 0. The number of carbonyl (C=O) groups is 4. The number of likely N-dealkylation sites (tertiary alicyclic amines) is 1. The monoisotopic (exact) mass is 1020 g/mol. The number of nitrogens with one attached hydrogen (secondary N) is 3. The van der Waals surface area contributed by atoms with Crippen molar-refractivity contribution in [1.82, 2.24) is 35.6 Å². The molecule has 1 aliphatic carbocycles. The molecule has 1 aromatic heterocycles. The molecule has 14 nitrogen and oxygen atoms in total. The largest absolute Gasteiger partial charge is 0.489 e. The van der Waals surface area contributed by atoms with Crippen LogP contribution in [0.25, 0.3) is 10.4 Å². The highest BCUT2D eigenvalue weighted by molar-refractivity contribution is 7.13. The highest BCUT2D eigenvalue weighted by Gasteiger charge is 2.64. The van der Waals surface area contributed by atoms with Crippen LogP contribution in [0.3, 0.4) is 0 Å². The van der Waals surface area contributed by atoms with Gasteiger partial charge in [0, 0.05) is 66.6 Å². The molecular formula is C56H73ClN8O6S. The van der Waals surface area contributed by atoms with Gasteiger partial charge in [0.2, 0.25) is 17.7 Å². The fraction of sp³-hybridized carbons (Fsp3) is 0.536. The first kappa shape index (κ1) is 54.4. The molecule has 2 saturated heterocycles. The number of hydrogen-bond donors (Lipinski definition) is 4. The first-order valence-corrected chi connectivity index (χ1v) is 26.5. The smallest absolute Gasteiger partial charge is 0.251 e. The second kappa shape index (κ2) is 22.0. The third-order valence-electron chi connectivity index (χ3n) is 15.2. The number of aromatic nitrogens is 1. The summed E-state index contributed by atoms with van der Waals surface area (Å²) >= 11 is 7.85. The lowest BCUT2D eigenvalue weighted by Crippen LogP contribution is -2.74. The Bertz CT molecular complexity index is 2630. The van der Waals surface area contributed by atoms with Crippen LogP contribution in [0.15, 0.2) is 72.2 Å². The van der Waals surface area contributed by atoms with Gasteiger partial charge in [-0.15, -0.1) is 11.3 Å². The Morgan fingerprint density at radius 2 is 1.60 bits per heavy atom. The zero-order chi connectivity index (χ0) is 52.4. The molecule has 0 bridgehead atoms. The topological polar surface area (TPSA) is 180 Å². The van der Waals surface area contributed by atoms with Crippen molar-refractivity contribution in [3.05, 3.63) is 105 Å². The standard InChI is InChI=1S/C56H73ClN8O6S/c1-33-29-64(31-46(67)61-48(54(5,6)7)51(70)65-30-42(66)25-45(65)50(69)60-35(3)38-18-20-39(21-19-38)47-36(4)59-32-72-47)34(2)28-63(33)24-12-13-37-14-16-40(17-15-37)49(68)62-52-55(8,9)53(56(52,10)11)71-43-23-22-41(27-58)44(57)26-43/h14-23,26,32-35,42,45,48,52-53,66H,12-13,24-25,28-31H2,1-11H3,(H,60,69)(H,61,67)(H,62,68)/t33-,34+,35-,42+,45-,48+,52?,53?/m0/s1. The summed E-state index contributed by atoms with van der Waals surface area (Å²) in [6, 6.07) is 21.0. The number of aliphatic hydroxyl groups is 1. The second-order valence-electron chi connectivity index (χ2n) is 22.6. The lowest BCUT2D eigenvalue weighted by molar-refractivity contribution is -0.164. The van der Waals surface area contributed by atoms with Crippen LogP contribution in [0, 0.1) is 34.5 Å². The normalized spacial score (nSPS) is 23.8. The van der Waals surface area contributed by atoms with Crippen LogP contribution in [-0.4, -0.2) is 124 Å². The number of aryl methyl sites for hydroxylation is 2. The molecule has 2 aliphatic heterocycles. The molecule has 3 aliphatic rings. The van der Waals surface area contributed by atoms with Crippen LogP contribution in [0.5, 0.6) is 5.75 Å². The van der Waals surface area contributed by atoms with Crippen LogP contribution in [0.2, 0.25) is 5.02 Å². The molecule has 1 saturated carbocycles. The highest BCUT2D eigenvalue weighted by atomic mass is 35.5. The average molecular weight is 1020 g/mol. The fourth-order valence-electron chi connectivity index (χ4n) is 11.3. The van der Waals surface area contributed by atoms with E-state index in [1.807, 2.05) is 88.7 Å². The van der Waals surface area contributed by atoms with Gasteiger partial charge >= 0.3 is 0 Å². The van der Waals surface area contributed by atoms with Crippen molar-refractivity contribution in [2.45, 2.75) is 144 Å². The van der Waals surface area contributed by atoms with Crippen LogP contribution < -0.4 is 20.7 Å². The molecule has 0 radical (unpaired) electrons. The molecule has 6 atom stereocenters. The molecule has 3 heterocycles. The van der Waals surface area contributed by atoms with E-state index in [1.54, 1.807) is 29.5 Å². The zero-order valence-corrected chi connectivity index (χ0v) is 45.3. The summed E-state index contributed by atoms with van der Waals surface area (Å²) < 4.78 is 6.39. The Morgan fingerprint density at radius 1 is 0.944 bits per heavy atom. The van der Waals surface area contributed by atoms with E-state index in [0.29, 0.717) is 28.4 Å². The summed E-state index contributed by atoms with van der Waals surface area (Å²) in [4.78, 5) is 67.1. The number of amides is 4. The zero-order valence-electron chi connectivity index (χ0n) is 43.7. The third kappa shape index (κ3) is 12.0. The fourth-order valence-corrected chi connectivity index (χ4v) is 12.4. The minimum Gasteiger partial charge on any atom is -0.489 e. The molecule has 7 rings (SSSR count). The van der Waals surface area contributed by atoms with E-state index in [0.717, 1.165) is 53.2 Å². The minimum absolute atomic E-state index is 0.00551. The summed E-state index contributed by atoms with van der Waals surface area (Å²) in [6.45, 7) is 24.7. The maximum Gasteiger partial charge on any atom is 0.251 e. The number of thiazole rings is 1. The number of carbonyl (C=O) groups excluding carboxylic acids is 4. The number of benzene rings is 3. The van der Waals surface area contributed by atoms with Crippen molar-refractivity contribution in [3.63, 3.8) is 0 Å². The Labute approximate surface area is 434 Å². The van der Waals surface area contributed by atoms with E-state index < -0.39 is 23.6 Å². The number of rotatable bonds is 16. The van der Waals surface area contributed by atoms with Crippen molar-refractivity contribution in [2.75, 3.05) is 32.7 Å². The van der Waals surface area contributed by atoms with Crippen molar-refractivity contribution in [1.29, 1.82) is 5.26 Å². The van der Waals surface area contributed by atoms with Gasteiger partial charge in [0.25, 0.3) is 5.91 Å². The molecule has 3 fully saturated rings. The molecule has 4 N–H and O–H groups in total. The van der Waals surface area contributed by atoms with E-state index >= 15 is 0 Å². The number of aliphatic hydroxyl groups excluding tert-OH is 1. The van der Waals surface area contributed by atoms with E-state index in [9.17, 15) is 29.5 Å². The first-order chi connectivity index (χ1) is 33.9. The number of hydrogen-bond acceptors (Lipinski definition) is 11. The minimum atomic E-state index is -0.916. The van der Waals surface area contributed by atoms with Crippen molar-refractivity contribution in [3.8, 4) is 22.3 Å². The molecule has 72 heavy (non-hydrogen) atoms. The van der Waals surface area contributed by atoms with Gasteiger partial charge in [-0.3, -0.25) is 29.0 Å². The van der Waals surface area contributed by atoms with E-state index in [-0.39, 0.29) is 84.2 Å². The molecule has 16 heteroatoms. The van der Waals surface area contributed by atoms with Crippen LogP contribution in [-0.2, 0) is 20.8 Å². The number of nitriles is 1. The summed E-state index contributed by atoms with van der Waals surface area (Å²) in [5, 5.41) is 29.8. The predicted molar refractivity (Wildman–Crippen MR) is 283 cm³/mol. The SMILES string of the molecule is Cc1ncsc1-c1ccc([C@H](C)NC(=O)[C@@H]2C[C@@H](O)CN2C(=O)[C@@H](NC(=O)CN2C[C@H](C)N(CCCc3ccc(C(=O)NC4C(C)(C)C(Oc5ccc(C#N)c(Cl)c5)C4(C)C)cc3)C[C@H]2C)C(C)(C)C)cc1. The second-order valence-corrected chi connectivity index (χ2v) is 23.9. The Kier molecular flexibility index (Phi) is 16.6. The van der Waals surface area contributed by atoms with Crippen molar-refractivity contribution < 1.29 is 29.0 Å². The molecule has 0 unspecified atom stereocenters. The molecule has 4 aromatic rings. The highest BCUT2D eigenvalue weighted by Crippen LogP contribution is 2.55. The average Bonchev–Trinajstić information content (AvgIpc) is 3.95. The van der Waals surface area contributed by atoms with Gasteiger partial charge < -0.3 is 30.7 Å². The summed E-state index contributed by atoms with van der Waals surface area (Å²) in [6.07, 6.45) is 0.833. The van der Waals surface area contributed by atoms with Crippen molar-refractivity contribution in [2.24, 2.45) is 16.2 Å². The summed E-state index contributed by atoms with van der Waals surface area (Å²) in [5.74, 6) is -0.535. The lowest BCUT2D eigenvalue weighted by atomic mass is 9.49. The van der Waals surface area contributed by atoms with Gasteiger partial charge in [-0.1, -0.05) is 96.5 Å². The van der Waals surface area contributed by atoms with Gasteiger partial charge in [-0.25, -0.2) is 4.98 Å². The van der Waals surface area contributed by atoms with E-state index in [4.69, 9.17) is 16.3 Å². The number of nitrogens with zero attached hydrogens (tertiary/aromatic N) is 5. The Balaban J connectivity index is 0.864. The van der Waals surface area contributed by atoms with E-state index in [1.165, 1.54) is 4.90 Å². The Morgan fingerprint density at radius 3 is 2.21 bits per heavy atom. The number of ether oxygens (including phenoxy) is 1. The van der Waals surface area contributed by atoms with E-state index in [2.05, 4.69) is 78.3 Å². The summed E-state index contributed by atoms with van der Waals surface area (Å²) in [5.41, 5.74) is 5.49. The molecule has 0 spiro atoms. The van der Waals surface area contributed by atoms with Crippen molar-refractivity contribution >= 4 is 46.6 Å². The van der Waals surface area contributed by atoms with Gasteiger partial charge in [0.15, 0.2) is 0 Å². The molecular weight excluding hydrogens is 948 g/mol. The van der Waals surface area contributed by atoms with Gasteiger partial charge in [0.05, 0.1) is 45.4 Å². The predicted octanol–water partition coefficient (Wildman–Crippen LogP) is 7.95. The van der Waals surface area contributed by atoms with Crippen LogP contribution in [0.4, 0.5) is 0 Å². The molecule has 386 valence electrons. The molecule has 3 aromatic carbocycles. The number of halogens is 1. The number of β-amino-alcohol motifs (C(OH)–C–C–N with tert-alkyl or cyclic N) is 1. The first-order valence-electron chi connectivity index (χ1n) is 25.2. The Hall–Kier alpha value is -5.37. The molecule has 4 amide bonds. The maximum atomic E-state index is 14.4. The lowest BCUT2D eigenvalue weighted by Gasteiger charge is -2.63. The van der Waals surface area contributed by atoms with Gasteiger partial charge in [-0.2, -0.15) is 5.26 Å². The van der Waals surface area contributed by atoms with Crippen LogP contribution in [0.1, 0.15) is 121 Å².